The number of rotatable bonds is 4. The Kier molecular flexibility index (Phi) is 5.48. The average molecular weight is 380 g/mol. The molecule has 2 aromatic rings. The Labute approximate surface area is 155 Å². The number of hydrogen-bond donors (Lipinski definition) is 4. The summed E-state index contributed by atoms with van der Waals surface area (Å²) in [5.74, 6) is -3.59. The van der Waals surface area contributed by atoms with Crippen molar-refractivity contribution in [1.29, 1.82) is 0 Å². The van der Waals surface area contributed by atoms with Gasteiger partial charge in [-0.2, -0.15) is 0 Å². The highest BCUT2D eigenvalue weighted by atomic mass is 19.3. The van der Waals surface area contributed by atoms with Crippen LogP contribution in [0.5, 0.6) is 5.75 Å². The van der Waals surface area contributed by atoms with Crippen molar-refractivity contribution in [2.45, 2.75) is 43.7 Å². The molecule has 1 aliphatic rings. The van der Waals surface area contributed by atoms with Crippen LogP contribution in [0.25, 0.3) is 0 Å². The molecule has 1 fully saturated rings. The Balaban J connectivity index is 1.89. The molecular formula is C20H22F2O5. The van der Waals surface area contributed by atoms with E-state index in [4.69, 9.17) is 4.74 Å². The Morgan fingerprint density at radius 1 is 1.07 bits per heavy atom. The van der Waals surface area contributed by atoms with Gasteiger partial charge in [0.05, 0.1) is 6.61 Å². The third kappa shape index (κ3) is 3.82. The van der Waals surface area contributed by atoms with Crippen LogP contribution in [0.2, 0.25) is 0 Å². The molecule has 0 radical (unpaired) electrons. The Morgan fingerprint density at radius 3 is 2.37 bits per heavy atom. The number of aliphatic hydroxyl groups excluding tert-OH is 3. The van der Waals surface area contributed by atoms with Crippen LogP contribution in [0.3, 0.4) is 0 Å². The molecule has 4 unspecified atom stereocenters. The van der Waals surface area contributed by atoms with Gasteiger partial charge in [-0.15, -0.1) is 0 Å². The van der Waals surface area contributed by atoms with E-state index in [0.717, 1.165) is 16.7 Å². The van der Waals surface area contributed by atoms with Crippen molar-refractivity contribution < 1.29 is 33.9 Å². The van der Waals surface area contributed by atoms with Gasteiger partial charge in [-0.3, -0.25) is 0 Å². The summed E-state index contributed by atoms with van der Waals surface area (Å²) >= 11 is 0. The number of aryl methyl sites for hydroxylation is 1. The maximum Gasteiger partial charge on any atom is 0.303 e. The number of alkyl halides is 2. The first-order valence-electron chi connectivity index (χ1n) is 8.61. The Hall–Kier alpha value is -2.06. The predicted molar refractivity (Wildman–Crippen MR) is 93.8 cm³/mol. The van der Waals surface area contributed by atoms with Crippen molar-refractivity contribution in [1.82, 2.24) is 0 Å². The van der Waals surface area contributed by atoms with E-state index in [1.54, 1.807) is 42.5 Å². The fraction of sp³-hybridized carbons (Fsp3) is 0.400. The third-order valence-electron chi connectivity index (χ3n) is 4.97. The first-order chi connectivity index (χ1) is 12.7. The van der Waals surface area contributed by atoms with Crippen molar-refractivity contribution in [3.8, 4) is 5.75 Å². The molecule has 0 aliphatic carbocycles. The number of aromatic hydroxyl groups is 1. The highest BCUT2D eigenvalue weighted by molar-refractivity contribution is 5.38. The second-order valence-electron chi connectivity index (χ2n) is 6.87. The molecule has 7 heteroatoms. The minimum Gasteiger partial charge on any atom is -0.508 e. The van der Waals surface area contributed by atoms with Crippen molar-refractivity contribution >= 4 is 0 Å². The lowest BCUT2D eigenvalue weighted by Gasteiger charge is -2.42. The molecule has 0 bridgehead atoms. The molecule has 0 saturated carbocycles. The highest BCUT2D eigenvalue weighted by Crippen LogP contribution is 2.41. The maximum atomic E-state index is 14.0. The normalized spacial score (nSPS) is 27.5. The van der Waals surface area contributed by atoms with Gasteiger partial charge >= 0.3 is 5.92 Å². The molecule has 0 spiro atoms. The zero-order chi connectivity index (χ0) is 19.8. The van der Waals surface area contributed by atoms with Crippen LogP contribution < -0.4 is 0 Å². The van der Waals surface area contributed by atoms with Crippen LogP contribution in [-0.2, 0) is 11.2 Å². The van der Waals surface area contributed by atoms with Crippen LogP contribution in [0.4, 0.5) is 8.78 Å². The second kappa shape index (κ2) is 7.52. The van der Waals surface area contributed by atoms with E-state index in [2.05, 4.69) is 0 Å². The molecular weight excluding hydrogens is 358 g/mol. The molecule has 4 atom stereocenters. The quantitative estimate of drug-likeness (QED) is 0.652. The standard InChI is InChI=1S/C20H22F2O5/c1-11-2-5-13(9-14(11)8-12-3-6-15(24)7-4-12)18-17(25)19(26)20(21,22)16(10-23)27-18/h2-7,9,16-19,23-26H,8,10H2,1H3. The lowest BCUT2D eigenvalue weighted by molar-refractivity contribution is -0.296. The fourth-order valence-corrected chi connectivity index (χ4v) is 3.26. The molecule has 27 heavy (non-hydrogen) atoms. The summed E-state index contributed by atoms with van der Waals surface area (Å²) in [4.78, 5) is 0. The van der Waals surface area contributed by atoms with Gasteiger partial charge in [0.1, 0.15) is 30.2 Å². The topological polar surface area (TPSA) is 90.2 Å². The van der Waals surface area contributed by atoms with Crippen molar-refractivity contribution in [2.75, 3.05) is 6.61 Å². The van der Waals surface area contributed by atoms with E-state index in [1.165, 1.54) is 0 Å². The van der Waals surface area contributed by atoms with E-state index in [0.29, 0.717) is 12.0 Å². The van der Waals surface area contributed by atoms with Crippen molar-refractivity contribution in [3.63, 3.8) is 0 Å². The number of aliphatic hydroxyl groups is 3. The highest BCUT2D eigenvalue weighted by Gasteiger charge is 2.57. The van der Waals surface area contributed by atoms with E-state index in [-0.39, 0.29) is 5.75 Å². The van der Waals surface area contributed by atoms with Gasteiger partial charge in [-0.1, -0.05) is 30.3 Å². The summed E-state index contributed by atoms with van der Waals surface area (Å²) in [6.07, 6.45) is -6.72. The van der Waals surface area contributed by atoms with Gasteiger partial charge in [0.15, 0.2) is 0 Å². The molecule has 1 heterocycles. The van der Waals surface area contributed by atoms with Gasteiger partial charge < -0.3 is 25.2 Å². The molecule has 0 aromatic heterocycles. The summed E-state index contributed by atoms with van der Waals surface area (Å²) < 4.78 is 33.1. The predicted octanol–water partition coefficient (Wildman–Crippen LogP) is 2.08. The van der Waals surface area contributed by atoms with Crippen LogP contribution in [0.1, 0.15) is 28.4 Å². The first-order valence-corrected chi connectivity index (χ1v) is 8.61. The largest absolute Gasteiger partial charge is 0.508 e. The fourth-order valence-electron chi connectivity index (χ4n) is 3.26. The van der Waals surface area contributed by atoms with E-state index in [9.17, 15) is 29.2 Å². The summed E-state index contributed by atoms with van der Waals surface area (Å²) in [5.41, 5.74) is 3.23. The number of ether oxygens (including phenoxy) is 1. The van der Waals surface area contributed by atoms with Gasteiger partial charge in [-0.25, -0.2) is 8.78 Å². The lowest BCUT2D eigenvalue weighted by Crippen LogP contribution is -2.59. The molecule has 146 valence electrons. The molecule has 5 nitrogen and oxygen atoms in total. The van der Waals surface area contributed by atoms with Gasteiger partial charge in [0.25, 0.3) is 0 Å². The number of hydrogen-bond acceptors (Lipinski definition) is 5. The molecule has 0 amide bonds. The summed E-state index contributed by atoms with van der Waals surface area (Å²) in [6.45, 7) is 0.927. The zero-order valence-electron chi connectivity index (χ0n) is 14.7. The number of phenols is 1. The molecule has 1 saturated heterocycles. The van der Waals surface area contributed by atoms with E-state index < -0.39 is 36.9 Å². The third-order valence-corrected chi connectivity index (χ3v) is 4.97. The second-order valence-corrected chi connectivity index (χ2v) is 6.87. The minimum atomic E-state index is -3.75. The zero-order valence-corrected chi connectivity index (χ0v) is 14.7. The molecule has 3 rings (SSSR count). The van der Waals surface area contributed by atoms with Crippen LogP contribution >= 0.6 is 0 Å². The van der Waals surface area contributed by atoms with Crippen LogP contribution in [0.15, 0.2) is 42.5 Å². The van der Waals surface area contributed by atoms with Gasteiger partial charge in [-0.05, 0) is 47.7 Å². The number of phenolic OH excluding ortho intramolecular Hbond substituents is 1. The average Bonchev–Trinajstić information content (AvgIpc) is 2.64. The SMILES string of the molecule is Cc1ccc(C2OC(CO)C(F)(F)C(O)C2O)cc1Cc1ccc(O)cc1. The number of halogens is 2. The monoisotopic (exact) mass is 380 g/mol. The maximum absolute atomic E-state index is 14.0. The summed E-state index contributed by atoms with van der Waals surface area (Å²) in [7, 11) is 0. The lowest BCUT2D eigenvalue weighted by atomic mass is 9.88. The van der Waals surface area contributed by atoms with Gasteiger partial charge in [0.2, 0.25) is 0 Å². The van der Waals surface area contributed by atoms with Crippen molar-refractivity contribution in [3.05, 3.63) is 64.7 Å². The molecule has 1 aliphatic heterocycles. The van der Waals surface area contributed by atoms with E-state index in [1.807, 2.05) is 6.92 Å². The number of benzene rings is 2. The minimum absolute atomic E-state index is 0.160. The molecule has 2 aromatic carbocycles. The first kappa shape index (κ1) is 19.7. The Bertz CT molecular complexity index is 789. The van der Waals surface area contributed by atoms with Gasteiger partial charge in [0, 0.05) is 0 Å². The van der Waals surface area contributed by atoms with E-state index >= 15 is 0 Å². The smallest absolute Gasteiger partial charge is 0.303 e. The summed E-state index contributed by atoms with van der Waals surface area (Å²) in [6, 6.07) is 11.9. The Morgan fingerprint density at radius 2 is 1.74 bits per heavy atom. The summed E-state index contributed by atoms with van der Waals surface area (Å²) in [5, 5.41) is 38.5. The van der Waals surface area contributed by atoms with Crippen LogP contribution in [0, 0.1) is 6.92 Å². The molecule has 4 N–H and O–H groups in total. The van der Waals surface area contributed by atoms with Crippen molar-refractivity contribution in [2.24, 2.45) is 0 Å². The van der Waals surface area contributed by atoms with Crippen LogP contribution in [-0.4, -0.2) is 51.3 Å².